The number of carbonyl (C=O) groups excluding carboxylic acids is 1. The summed E-state index contributed by atoms with van der Waals surface area (Å²) in [5.74, 6) is -1.51. The van der Waals surface area contributed by atoms with Crippen molar-refractivity contribution in [3.63, 3.8) is 0 Å². The monoisotopic (exact) mass is 464 g/mol. The number of methoxy groups -OCH3 is 1. The molecule has 2 unspecified atom stereocenters. The fourth-order valence-corrected chi connectivity index (χ4v) is 7.47. The number of rotatable bonds is 5. The Kier molecular flexibility index (Phi) is 5.57. The largest absolute Gasteiger partial charge is 0.495 e. The smallest absolute Gasteiger partial charge is 0.244 e. The molecule has 0 spiro atoms. The standard InChI is InChI=1S/C21H24N2O6S2/c1-14-13-30(25,26)23(21(14)24)16-10-11-19(29-2)20(12-16)31(27,28)22-18-9-5-7-15-6-3-4-8-17(15)18/h3-4,6,8,10-12,14,18,22H,5,7,9,13H2,1-2H3. The number of sulfonamides is 2. The van der Waals surface area contributed by atoms with Crippen LogP contribution in [0.1, 0.15) is 36.9 Å². The molecule has 1 saturated heterocycles. The van der Waals surface area contributed by atoms with Crippen LogP contribution in [0.3, 0.4) is 0 Å². The number of aryl methyl sites for hydroxylation is 1. The number of benzene rings is 2. The predicted octanol–water partition coefficient (Wildman–Crippen LogP) is 2.36. The van der Waals surface area contributed by atoms with E-state index in [0.717, 1.165) is 24.0 Å². The van der Waals surface area contributed by atoms with Crippen LogP contribution in [-0.4, -0.2) is 35.6 Å². The van der Waals surface area contributed by atoms with Crippen molar-refractivity contribution >= 4 is 31.6 Å². The SMILES string of the molecule is COc1ccc(N2C(=O)C(C)CS2(=O)=O)cc1S(=O)(=O)NC1CCCc2ccccc21. The number of ether oxygens (including phenoxy) is 1. The zero-order valence-corrected chi connectivity index (χ0v) is 18.9. The van der Waals surface area contributed by atoms with E-state index in [9.17, 15) is 21.6 Å². The maximum Gasteiger partial charge on any atom is 0.244 e. The Labute approximate surface area is 182 Å². The van der Waals surface area contributed by atoms with Crippen LogP contribution in [0, 0.1) is 5.92 Å². The number of carbonyl (C=O) groups is 1. The van der Waals surface area contributed by atoms with Gasteiger partial charge in [0.1, 0.15) is 10.6 Å². The molecule has 31 heavy (non-hydrogen) atoms. The molecule has 1 N–H and O–H groups in total. The highest BCUT2D eigenvalue weighted by molar-refractivity contribution is 7.94. The molecule has 4 rings (SSSR count). The van der Waals surface area contributed by atoms with Gasteiger partial charge in [-0.1, -0.05) is 31.2 Å². The highest BCUT2D eigenvalue weighted by Crippen LogP contribution is 2.36. The van der Waals surface area contributed by atoms with Crippen LogP contribution >= 0.6 is 0 Å². The lowest BCUT2D eigenvalue weighted by molar-refractivity contribution is -0.119. The van der Waals surface area contributed by atoms with Gasteiger partial charge in [0.05, 0.1) is 24.5 Å². The summed E-state index contributed by atoms with van der Waals surface area (Å²) >= 11 is 0. The van der Waals surface area contributed by atoms with E-state index in [-0.39, 0.29) is 22.1 Å². The van der Waals surface area contributed by atoms with Gasteiger partial charge in [0.25, 0.3) is 0 Å². The van der Waals surface area contributed by atoms with Gasteiger partial charge in [0.15, 0.2) is 0 Å². The fraction of sp³-hybridized carbons (Fsp3) is 0.381. The lowest BCUT2D eigenvalue weighted by Crippen LogP contribution is -2.32. The van der Waals surface area contributed by atoms with Crippen molar-refractivity contribution in [1.29, 1.82) is 0 Å². The average Bonchev–Trinajstić information content (AvgIpc) is 2.94. The second kappa shape index (κ2) is 7.92. The van der Waals surface area contributed by atoms with Crippen molar-refractivity contribution < 1.29 is 26.4 Å². The Morgan fingerprint density at radius 3 is 2.58 bits per heavy atom. The molecule has 1 heterocycles. The number of fused-ring (bicyclic) bond motifs is 1. The molecule has 1 amide bonds. The quantitative estimate of drug-likeness (QED) is 0.728. The number of hydrogen-bond acceptors (Lipinski definition) is 6. The van der Waals surface area contributed by atoms with Crippen molar-refractivity contribution in [2.24, 2.45) is 5.92 Å². The fourth-order valence-electron chi connectivity index (χ4n) is 4.22. The third-order valence-electron chi connectivity index (χ3n) is 5.70. The van der Waals surface area contributed by atoms with Crippen LogP contribution in [0.4, 0.5) is 5.69 Å². The molecule has 2 aromatic carbocycles. The molecule has 1 aliphatic heterocycles. The maximum absolute atomic E-state index is 13.3. The summed E-state index contributed by atoms with van der Waals surface area (Å²) in [5.41, 5.74) is 2.02. The first-order chi connectivity index (χ1) is 14.6. The lowest BCUT2D eigenvalue weighted by atomic mass is 9.88. The minimum atomic E-state index is -4.07. The van der Waals surface area contributed by atoms with Gasteiger partial charge >= 0.3 is 0 Å². The van der Waals surface area contributed by atoms with E-state index in [1.807, 2.05) is 24.3 Å². The first-order valence-corrected chi connectivity index (χ1v) is 13.1. The molecule has 166 valence electrons. The molecule has 0 saturated carbocycles. The maximum atomic E-state index is 13.3. The molecule has 1 fully saturated rings. The summed E-state index contributed by atoms with van der Waals surface area (Å²) < 4.78 is 60.2. The van der Waals surface area contributed by atoms with Gasteiger partial charge in [-0.25, -0.2) is 25.9 Å². The van der Waals surface area contributed by atoms with Gasteiger partial charge < -0.3 is 4.74 Å². The van der Waals surface area contributed by atoms with Crippen LogP contribution < -0.4 is 13.8 Å². The van der Waals surface area contributed by atoms with Gasteiger partial charge in [-0.15, -0.1) is 0 Å². The number of nitrogens with one attached hydrogen (secondary N) is 1. The Bertz CT molecular complexity index is 1240. The Balaban J connectivity index is 1.74. The molecule has 10 heteroatoms. The average molecular weight is 465 g/mol. The second-order valence-corrected chi connectivity index (χ2v) is 11.4. The van der Waals surface area contributed by atoms with Gasteiger partial charge in [-0.05, 0) is 48.6 Å². The van der Waals surface area contributed by atoms with Gasteiger partial charge in [0.2, 0.25) is 26.0 Å². The zero-order valence-electron chi connectivity index (χ0n) is 17.2. The van der Waals surface area contributed by atoms with Crippen molar-refractivity contribution in [2.45, 2.75) is 37.1 Å². The molecule has 2 aliphatic rings. The van der Waals surface area contributed by atoms with Gasteiger partial charge in [-0.2, -0.15) is 0 Å². The van der Waals surface area contributed by atoms with Crippen LogP contribution in [0.15, 0.2) is 47.4 Å². The van der Waals surface area contributed by atoms with Crippen LogP contribution in [0.2, 0.25) is 0 Å². The predicted molar refractivity (Wildman–Crippen MR) is 116 cm³/mol. The summed E-state index contributed by atoms with van der Waals surface area (Å²) in [4.78, 5) is 12.2. The van der Waals surface area contributed by atoms with E-state index in [2.05, 4.69) is 4.72 Å². The Morgan fingerprint density at radius 1 is 1.16 bits per heavy atom. The van der Waals surface area contributed by atoms with E-state index in [1.54, 1.807) is 0 Å². The van der Waals surface area contributed by atoms with Crippen molar-refractivity contribution in [3.05, 3.63) is 53.6 Å². The third kappa shape index (κ3) is 3.95. The zero-order chi connectivity index (χ0) is 22.4. The van der Waals surface area contributed by atoms with Crippen molar-refractivity contribution in [3.8, 4) is 5.75 Å². The van der Waals surface area contributed by atoms with Crippen LogP contribution in [0.25, 0.3) is 0 Å². The minimum absolute atomic E-state index is 0.0143. The Morgan fingerprint density at radius 2 is 1.90 bits per heavy atom. The number of nitrogens with zero attached hydrogens (tertiary/aromatic N) is 1. The molecule has 0 aromatic heterocycles. The van der Waals surface area contributed by atoms with Crippen LogP contribution in [-0.2, 0) is 31.3 Å². The minimum Gasteiger partial charge on any atom is -0.495 e. The highest BCUT2D eigenvalue weighted by Gasteiger charge is 2.42. The molecular weight excluding hydrogens is 440 g/mol. The first kappa shape index (κ1) is 21.8. The first-order valence-electron chi connectivity index (χ1n) is 9.99. The summed E-state index contributed by atoms with van der Waals surface area (Å²) in [6.07, 6.45) is 2.38. The summed E-state index contributed by atoms with van der Waals surface area (Å²) in [7, 11) is -6.60. The van der Waals surface area contributed by atoms with E-state index < -0.39 is 37.9 Å². The van der Waals surface area contributed by atoms with E-state index in [4.69, 9.17) is 4.74 Å². The molecule has 0 radical (unpaired) electrons. The number of hydrogen-bond donors (Lipinski definition) is 1. The van der Waals surface area contributed by atoms with Crippen molar-refractivity contribution in [1.82, 2.24) is 4.72 Å². The van der Waals surface area contributed by atoms with Gasteiger partial charge in [0, 0.05) is 6.04 Å². The summed E-state index contributed by atoms with van der Waals surface area (Å²) in [6.45, 7) is 1.53. The molecule has 0 bridgehead atoms. The number of amides is 1. The Hall–Kier alpha value is -2.43. The highest BCUT2D eigenvalue weighted by atomic mass is 32.2. The van der Waals surface area contributed by atoms with E-state index in [1.165, 1.54) is 32.2 Å². The number of anilines is 1. The molecule has 8 nitrogen and oxygen atoms in total. The normalized spacial score (nSPS) is 22.9. The molecule has 2 aromatic rings. The molecule has 2 atom stereocenters. The van der Waals surface area contributed by atoms with Crippen LogP contribution in [0.5, 0.6) is 5.75 Å². The summed E-state index contributed by atoms with van der Waals surface area (Å²) in [6, 6.07) is 11.2. The van der Waals surface area contributed by atoms with E-state index >= 15 is 0 Å². The topological polar surface area (TPSA) is 110 Å². The van der Waals surface area contributed by atoms with Gasteiger partial charge in [-0.3, -0.25) is 4.79 Å². The second-order valence-electron chi connectivity index (χ2n) is 7.88. The van der Waals surface area contributed by atoms with Crippen molar-refractivity contribution in [2.75, 3.05) is 17.2 Å². The summed E-state index contributed by atoms with van der Waals surface area (Å²) in [5, 5.41) is 0. The molecular formula is C21H24N2O6S2. The lowest BCUT2D eigenvalue weighted by Gasteiger charge is -2.26. The molecule has 1 aliphatic carbocycles. The van der Waals surface area contributed by atoms with E-state index in [0.29, 0.717) is 10.7 Å². The third-order valence-corrected chi connectivity index (χ3v) is 9.06.